The maximum absolute atomic E-state index is 5.82. The molecule has 0 aliphatic rings. The Bertz CT molecular complexity index is 279. The third kappa shape index (κ3) is 4.32. The topological polar surface area (TPSA) is 38.5 Å². The minimum atomic E-state index is -0.203. The quantitative estimate of drug-likeness (QED) is 0.771. The number of para-hydroxylation sites is 1. The third-order valence-electron chi connectivity index (χ3n) is 1.76. The lowest BCUT2D eigenvalue weighted by Gasteiger charge is -2.31. The summed E-state index contributed by atoms with van der Waals surface area (Å²) in [5.41, 5.74) is 6.40. The van der Waals surface area contributed by atoms with E-state index in [0.29, 0.717) is 13.1 Å². The predicted octanol–water partition coefficient (Wildman–Crippen LogP) is 2.18. The van der Waals surface area contributed by atoms with Crippen LogP contribution < -0.4 is 10.8 Å². The van der Waals surface area contributed by atoms with Crippen molar-refractivity contribution in [2.75, 3.05) is 18.2 Å². The van der Waals surface area contributed by atoms with Gasteiger partial charge in [-0.25, -0.2) is 0 Å². The van der Waals surface area contributed by atoms with Crippen LogP contribution in [0, 0.1) is 0 Å². The number of hydroxylamine groups is 1. The number of anilines is 1. The van der Waals surface area contributed by atoms with Crippen LogP contribution >= 0.6 is 0 Å². The summed E-state index contributed by atoms with van der Waals surface area (Å²) in [5, 5.41) is 1.85. The molecular formula is C12H20N2O. The molecule has 1 aromatic rings. The lowest BCUT2D eigenvalue weighted by molar-refractivity contribution is -0.0201. The molecule has 1 rings (SSSR count). The van der Waals surface area contributed by atoms with Crippen molar-refractivity contribution in [3.8, 4) is 0 Å². The summed E-state index contributed by atoms with van der Waals surface area (Å²) in [7, 11) is 0. The smallest absolute Gasteiger partial charge is 0.0879 e. The van der Waals surface area contributed by atoms with E-state index in [1.54, 1.807) is 0 Å². The Morgan fingerprint density at radius 3 is 2.27 bits per heavy atom. The summed E-state index contributed by atoms with van der Waals surface area (Å²) >= 11 is 0. The van der Waals surface area contributed by atoms with Gasteiger partial charge in [0.15, 0.2) is 0 Å². The molecule has 2 N–H and O–H groups in total. The zero-order valence-corrected chi connectivity index (χ0v) is 9.73. The summed E-state index contributed by atoms with van der Waals surface area (Å²) in [5.74, 6) is 0. The first-order chi connectivity index (χ1) is 7.03. The largest absolute Gasteiger partial charge is 0.329 e. The van der Waals surface area contributed by atoms with E-state index < -0.39 is 0 Å². The van der Waals surface area contributed by atoms with E-state index in [2.05, 4.69) is 0 Å². The summed E-state index contributed by atoms with van der Waals surface area (Å²) in [6.07, 6.45) is 0. The van der Waals surface area contributed by atoms with E-state index in [9.17, 15) is 0 Å². The first-order valence-corrected chi connectivity index (χ1v) is 5.25. The van der Waals surface area contributed by atoms with Crippen LogP contribution in [0.15, 0.2) is 30.3 Å². The fourth-order valence-corrected chi connectivity index (χ4v) is 1.27. The van der Waals surface area contributed by atoms with Gasteiger partial charge in [0.25, 0.3) is 0 Å². The molecule has 3 heteroatoms. The van der Waals surface area contributed by atoms with Crippen LogP contribution in [-0.4, -0.2) is 18.7 Å². The highest BCUT2D eigenvalue weighted by molar-refractivity contribution is 5.43. The molecule has 0 amide bonds. The van der Waals surface area contributed by atoms with E-state index in [-0.39, 0.29) is 5.60 Å². The van der Waals surface area contributed by atoms with Crippen molar-refractivity contribution in [1.29, 1.82) is 0 Å². The zero-order chi connectivity index (χ0) is 11.3. The lowest BCUT2D eigenvalue weighted by Crippen LogP contribution is -2.37. The van der Waals surface area contributed by atoms with Gasteiger partial charge in [0.2, 0.25) is 0 Å². The average Bonchev–Trinajstić information content (AvgIpc) is 2.17. The molecule has 0 fully saturated rings. The van der Waals surface area contributed by atoms with Gasteiger partial charge in [-0.1, -0.05) is 18.2 Å². The number of rotatable bonds is 4. The summed E-state index contributed by atoms with van der Waals surface area (Å²) < 4.78 is 0. The molecule has 0 spiro atoms. The molecule has 84 valence electrons. The SMILES string of the molecule is CC(C)(C)ON(CCN)c1ccccc1. The molecule has 0 saturated heterocycles. The van der Waals surface area contributed by atoms with Crippen molar-refractivity contribution < 1.29 is 4.84 Å². The standard InChI is InChI=1S/C12H20N2O/c1-12(2,3)15-14(10-9-13)11-7-5-4-6-8-11/h4-8H,9-10,13H2,1-3H3. The van der Waals surface area contributed by atoms with Gasteiger partial charge in [0, 0.05) is 6.54 Å². The van der Waals surface area contributed by atoms with Gasteiger partial charge >= 0.3 is 0 Å². The van der Waals surface area contributed by atoms with Crippen molar-refractivity contribution in [3.05, 3.63) is 30.3 Å². The van der Waals surface area contributed by atoms with E-state index in [1.165, 1.54) is 0 Å². The van der Waals surface area contributed by atoms with Gasteiger partial charge in [-0.15, -0.1) is 0 Å². The first kappa shape index (κ1) is 12.0. The van der Waals surface area contributed by atoms with Crippen LogP contribution in [0.4, 0.5) is 5.69 Å². The molecule has 15 heavy (non-hydrogen) atoms. The molecule has 0 aliphatic carbocycles. The maximum Gasteiger partial charge on any atom is 0.0879 e. The Kier molecular flexibility index (Phi) is 4.12. The Hall–Kier alpha value is -1.06. The normalized spacial score (nSPS) is 11.5. The van der Waals surface area contributed by atoms with Gasteiger partial charge in [-0.05, 0) is 32.9 Å². The number of hydrogen-bond donors (Lipinski definition) is 1. The maximum atomic E-state index is 5.82. The Balaban J connectivity index is 2.75. The highest BCUT2D eigenvalue weighted by Crippen LogP contribution is 2.18. The molecule has 0 saturated carbocycles. The lowest BCUT2D eigenvalue weighted by atomic mass is 10.2. The number of nitrogens with zero attached hydrogens (tertiary/aromatic N) is 1. The second kappa shape index (κ2) is 5.14. The zero-order valence-electron chi connectivity index (χ0n) is 9.73. The van der Waals surface area contributed by atoms with E-state index in [1.807, 2.05) is 56.2 Å². The van der Waals surface area contributed by atoms with Crippen molar-refractivity contribution in [3.63, 3.8) is 0 Å². The van der Waals surface area contributed by atoms with Gasteiger partial charge < -0.3 is 5.73 Å². The van der Waals surface area contributed by atoms with E-state index >= 15 is 0 Å². The van der Waals surface area contributed by atoms with Gasteiger partial charge in [0.1, 0.15) is 0 Å². The van der Waals surface area contributed by atoms with Gasteiger partial charge in [-0.3, -0.25) is 9.90 Å². The van der Waals surface area contributed by atoms with Crippen LogP contribution in [0.5, 0.6) is 0 Å². The molecule has 0 aromatic heterocycles. The number of hydrogen-bond acceptors (Lipinski definition) is 3. The van der Waals surface area contributed by atoms with Crippen LogP contribution in [0.2, 0.25) is 0 Å². The second-order valence-corrected chi connectivity index (χ2v) is 4.43. The van der Waals surface area contributed by atoms with E-state index in [4.69, 9.17) is 10.6 Å². The molecule has 0 atom stereocenters. The summed E-state index contributed by atoms with van der Waals surface area (Å²) in [6, 6.07) is 10.00. The molecule has 3 nitrogen and oxygen atoms in total. The Morgan fingerprint density at radius 1 is 1.20 bits per heavy atom. The molecule has 0 unspecified atom stereocenters. The van der Waals surface area contributed by atoms with Crippen LogP contribution in [0.25, 0.3) is 0 Å². The monoisotopic (exact) mass is 208 g/mol. The van der Waals surface area contributed by atoms with Crippen molar-refractivity contribution >= 4 is 5.69 Å². The van der Waals surface area contributed by atoms with Crippen LogP contribution in [0.3, 0.4) is 0 Å². The Labute approximate surface area is 91.8 Å². The number of nitrogens with two attached hydrogens (primary N) is 1. The van der Waals surface area contributed by atoms with Crippen molar-refractivity contribution in [1.82, 2.24) is 0 Å². The van der Waals surface area contributed by atoms with Gasteiger partial charge in [0.05, 0.1) is 17.8 Å². The van der Waals surface area contributed by atoms with E-state index in [0.717, 1.165) is 5.69 Å². The number of benzene rings is 1. The molecule has 0 heterocycles. The molecular weight excluding hydrogens is 188 g/mol. The fraction of sp³-hybridized carbons (Fsp3) is 0.500. The molecule has 1 aromatic carbocycles. The molecule has 0 bridgehead atoms. The third-order valence-corrected chi connectivity index (χ3v) is 1.76. The summed E-state index contributed by atoms with van der Waals surface area (Å²) in [6.45, 7) is 7.35. The van der Waals surface area contributed by atoms with Crippen LogP contribution in [-0.2, 0) is 4.84 Å². The second-order valence-electron chi connectivity index (χ2n) is 4.43. The average molecular weight is 208 g/mol. The highest BCUT2D eigenvalue weighted by atomic mass is 16.7. The Morgan fingerprint density at radius 2 is 1.80 bits per heavy atom. The van der Waals surface area contributed by atoms with Crippen LogP contribution in [0.1, 0.15) is 20.8 Å². The minimum absolute atomic E-state index is 0.203. The minimum Gasteiger partial charge on any atom is -0.329 e. The first-order valence-electron chi connectivity index (χ1n) is 5.25. The summed E-state index contributed by atoms with van der Waals surface area (Å²) in [4.78, 5) is 5.82. The molecule has 0 radical (unpaired) electrons. The van der Waals surface area contributed by atoms with Crippen molar-refractivity contribution in [2.45, 2.75) is 26.4 Å². The van der Waals surface area contributed by atoms with Gasteiger partial charge in [-0.2, -0.15) is 0 Å². The highest BCUT2D eigenvalue weighted by Gasteiger charge is 2.16. The predicted molar refractivity (Wildman–Crippen MR) is 63.7 cm³/mol. The fourth-order valence-electron chi connectivity index (χ4n) is 1.27. The van der Waals surface area contributed by atoms with Crippen molar-refractivity contribution in [2.24, 2.45) is 5.73 Å². The molecule has 0 aliphatic heterocycles.